The number of hydrogen-bond donors (Lipinski definition) is 8. The number of carbonyl (C=O) groups is 8. The smallest absolute Gasteiger partial charge is 0.475 e. The number of carboxylic acid groups (broad SMARTS) is 1. The predicted octanol–water partition coefficient (Wildman–Crippen LogP) is 10.1. The van der Waals surface area contributed by atoms with Crippen LogP contribution in [0.1, 0.15) is 151 Å². The summed E-state index contributed by atoms with van der Waals surface area (Å²) >= 11 is 8.61. The number of nitrogens with zero attached hydrogens (tertiary/aromatic N) is 8. The molecule has 8 rings (SSSR count). The maximum absolute atomic E-state index is 13.7. The van der Waals surface area contributed by atoms with Crippen LogP contribution < -0.4 is 16.0 Å². The zero-order chi connectivity index (χ0) is 84.9. The van der Waals surface area contributed by atoms with Gasteiger partial charge in [-0.2, -0.15) is 10.5 Å². The number of benzene rings is 1. The normalized spacial score (nSPS) is 20.5. The van der Waals surface area contributed by atoms with E-state index in [4.69, 9.17) is 31.9 Å². The predicted molar refractivity (Wildman–Crippen MR) is 420 cm³/mol. The minimum Gasteiger partial charge on any atom is -0.476 e. The van der Waals surface area contributed by atoms with Crippen LogP contribution in [0.3, 0.4) is 0 Å². The van der Waals surface area contributed by atoms with Crippen molar-refractivity contribution >= 4 is 113 Å². The van der Waals surface area contributed by atoms with Gasteiger partial charge in [-0.1, -0.05) is 59.6 Å². The van der Waals surface area contributed by atoms with Crippen molar-refractivity contribution in [1.82, 2.24) is 40.4 Å². The molecule has 7 aliphatic heterocycles. The van der Waals surface area contributed by atoms with E-state index in [2.05, 4.69) is 65.0 Å². The van der Waals surface area contributed by atoms with Gasteiger partial charge in [0, 0.05) is 143 Å². The molecule has 0 aromatic heterocycles. The van der Waals surface area contributed by atoms with E-state index in [1.54, 1.807) is 65.2 Å². The number of alkyl carbamates (subject to hydrolysis) is 1. The molecule has 0 bridgehead atoms. The summed E-state index contributed by atoms with van der Waals surface area (Å²) in [5.41, 5.74) is -0.623. The summed E-state index contributed by atoms with van der Waals surface area (Å²) in [6.07, 6.45) is 9.18. The lowest BCUT2D eigenvalue weighted by atomic mass is 9.76. The number of aliphatic carboxylic acids is 1. The molecule has 38 heteroatoms. The molecule has 3 amide bonds. The number of halogens is 12. The Kier molecular flexibility index (Phi) is 54.7. The highest BCUT2D eigenvalue weighted by atomic mass is 80.9. The molecule has 111 heavy (non-hydrogen) atoms. The third-order valence-electron chi connectivity index (χ3n) is 17.7. The van der Waals surface area contributed by atoms with Gasteiger partial charge in [0.05, 0.1) is 60.2 Å². The molecule has 7 fully saturated rings. The van der Waals surface area contributed by atoms with Gasteiger partial charge in [0.2, 0.25) is 5.91 Å². The summed E-state index contributed by atoms with van der Waals surface area (Å²) in [7, 11) is -1.78. The van der Waals surface area contributed by atoms with Gasteiger partial charge in [-0.25, -0.2) is 51.3 Å². The number of aldehydes is 4. The van der Waals surface area contributed by atoms with Crippen LogP contribution in [-0.4, -0.2) is 275 Å². The van der Waals surface area contributed by atoms with Crippen LogP contribution in [0.4, 0.5) is 39.9 Å². The first-order valence-electron chi connectivity index (χ1n) is 36.1. The van der Waals surface area contributed by atoms with Crippen LogP contribution >= 0.6 is 56.6 Å². The third-order valence-corrected chi connectivity index (χ3v) is 17.9. The Morgan fingerprint density at radius 1 is 0.703 bits per heavy atom. The van der Waals surface area contributed by atoms with Crippen LogP contribution in [0.25, 0.3) is 4.85 Å². The van der Waals surface area contributed by atoms with Crippen molar-refractivity contribution in [1.29, 1.82) is 10.5 Å². The fourth-order valence-corrected chi connectivity index (χ4v) is 11.0. The Bertz CT molecular complexity index is 3030. The molecule has 1 aromatic rings. The lowest BCUT2D eigenvalue weighted by molar-refractivity contribution is -0.135. The first-order valence-corrected chi connectivity index (χ1v) is 40.6. The van der Waals surface area contributed by atoms with Crippen molar-refractivity contribution in [3.63, 3.8) is 0 Å². The Balaban J connectivity index is -0.00000133. The lowest BCUT2D eigenvalue weighted by Crippen LogP contribution is -2.48. The van der Waals surface area contributed by atoms with E-state index < -0.39 is 84.4 Å². The Morgan fingerprint density at radius 3 is 1.48 bits per heavy atom. The molecule has 1 aromatic carbocycles. The number of amides is 3. The molecule has 7 saturated heterocycles. The fraction of sp³-hybridized carbons (Fsp3) is 0.740. The molecule has 634 valence electrons. The van der Waals surface area contributed by atoms with Crippen molar-refractivity contribution in [2.45, 2.75) is 204 Å². The number of hydrogen-bond acceptors (Lipinski definition) is 20. The Labute approximate surface area is 679 Å². The van der Waals surface area contributed by atoms with E-state index in [0.717, 1.165) is 56.2 Å². The first kappa shape index (κ1) is 110. The maximum Gasteiger partial charge on any atom is 0.475 e. The van der Waals surface area contributed by atoms with Gasteiger partial charge in [-0.05, 0) is 137 Å². The molecule has 0 aliphatic carbocycles. The SMILES string of the molecule is BrBr.CC(C)(Br)C=O.CC(C)(C=O)N1CCC(F)(F)C1.CC(C)(C=O)N1CCC(F)(F)C1.CC(C)C=O.Cc1ccc(C[C@H](NC(=O)OC[C@H]2CCCN(C(=O)C(C#N)=CC(C)(C)N3CCC(F)(F)C3)C2)B(O)O)cc1.Cl.FC1(F)CCNC1.N#CCC(=O)N1CCC[C@H](CO)C1.OC[C@H]1CCCNC1.[C-]#[N+]CC(=O)O. The van der Waals surface area contributed by atoms with E-state index in [1.807, 2.05) is 57.2 Å². The Hall–Kier alpha value is -5.34. The molecule has 7 aliphatic rings. The number of nitrogens with one attached hydrogen (secondary N) is 3. The summed E-state index contributed by atoms with van der Waals surface area (Å²) in [6.45, 7) is 29.6. The third kappa shape index (κ3) is 49.2. The molecule has 0 unspecified atom stereocenters. The summed E-state index contributed by atoms with van der Waals surface area (Å²) < 4.78 is 107. The first-order chi connectivity index (χ1) is 51.1. The van der Waals surface area contributed by atoms with E-state index in [9.17, 15) is 88.8 Å². The number of aliphatic hydroxyl groups excluding tert-OH is 2. The summed E-state index contributed by atoms with van der Waals surface area (Å²) in [5.74, 6) is -12.3. The highest BCUT2D eigenvalue weighted by molar-refractivity contribution is 9.93. The number of likely N-dealkylation sites (tertiary alicyclic amines) is 5. The van der Waals surface area contributed by atoms with Crippen LogP contribution in [0.5, 0.6) is 0 Å². The maximum atomic E-state index is 13.7. The number of nitriles is 2. The van der Waals surface area contributed by atoms with Crippen LogP contribution in [0.15, 0.2) is 35.9 Å². The molecule has 0 radical (unpaired) electrons. The number of carboxylic acids is 1. The average molecular weight is 1810 g/mol. The van der Waals surface area contributed by atoms with Gasteiger partial charge in [0.1, 0.15) is 43.2 Å². The monoisotopic (exact) mass is 1810 g/mol. The van der Waals surface area contributed by atoms with Crippen molar-refractivity contribution in [2.75, 3.05) is 118 Å². The zero-order valence-corrected chi connectivity index (χ0v) is 71.0. The molecule has 7 heterocycles. The van der Waals surface area contributed by atoms with E-state index in [1.165, 1.54) is 33.6 Å². The number of rotatable bonds is 19. The topological polar surface area (TPSA) is 351 Å². The van der Waals surface area contributed by atoms with Gasteiger partial charge < -0.3 is 79.9 Å². The summed E-state index contributed by atoms with van der Waals surface area (Å²) in [5, 5.41) is 71.0. The van der Waals surface area contributed by atoms with Gasteiger partial charge in [-0.3, -0.25) is 24.3 Å². The number of carbonyl (C=O) groups excluding carboxylic acids is 7. The van der Waals surface area contributed by atoms with Crippen molar-refractivity contribution < 1.29 is 104 Å². The number of alkyl halides is 9. The molecule has 4 atom stereocenters. The van der Waals surface area contributed by atoms with E-state index >= 15 is 0 Å². The summed E-state index contributed by atoms with van der Waals surface area (Å²) in [6, 6.07) is 11.2. The minimum atomic E-state index is -2.79. The Morgan fingerprint density at radius 2 is 1.15 bits per heavy atom. The lowest BCUT2D eigenvalue weighted by Gasteiger charge is -2.35. The van der Waals surface area contributed by atoms with Crippen molar-refractivity contribution in [2.24, 2.45) is 23.7 Å². The largest absolute Gasteiger partial charge is 0.476 e. The number of piperidine rings is 3. The second-order valence-corrected chi connectivity index (χ2v) is 32.0. The number of ether oxygens (including phenoxy) is 1. The molecule has 0 spiro atoms. The van der Waals surface area contributed by atoms with Crippen LogP contribution in [0.2, 0.25) is 0 Å². The van der Waals surface area contributed by atoms with Crippen molar-refractivity contribution in [3.8, 4) is 12.1 Å². The zero-order valence-electron chi connectivity index (χ0n) is 65.4. The highest BCUT2D eigenvalue weighted by Crippen LogP contribution is 2.35. The van der Waals surface area contributed by atoms with E-state index in [0.29, 0.717) is 70.7 Å². The summed E-state index contributed by atoms with van der Waals surface area (Å²) in [4.78, 5) is 96.9. The van der Waals surface area contributed by atoms with Crippen LogP contribution in [-0.2, 0) is 44.7 Å². The second-order valence-electron chi connectivity index (χ2n) is 30.0. The van der Waals surface area contributed by atoms with Gasteiger partial charge in [0.15, 0.2) is 0 Å². The van der Waals surface area contributed by atoms with Gasteiger partial charge in [0.25, 0.3) is 29.6 Å². The van der Waals surface area contributed by atoms with Gasteiger partial charge in [-0.15, -0.1) is 12.4 Å². The molecule has 25 nitrogen and oxygen atoms in total. The van der Waals surface area contributed by atoms with E-state index in [-0.39, 0.29) is 130 Å². The highest BCUT2D eigenvalue weighted by Gasteiger charge is 2.46. The molecule has 8 N–H and O–H groups in total. The number of aryl methyl sites for hydroxylation is 1. The van der Waals surface area contributed by atoms with Crippen LogP contribution in [0, 0.1) is 59.8 Å². The number of aliphatic hydroxyl groups is 2. The quantitative estimate of drug-likeness (QED) is 0.0121. The minimum absolute atomic E-state index is 0. The van der Waals surface area contributed by atoms with Crippen molar-refractivity contribution in [3.05, 3.63) is 58.5 Å². The van der Waals surface area contributed by atoms with Gasteiger partial charge >= 0.3 is 25.7 Å². The second kappa shape index (κ2) is 55.3. The fourth-order valence-electron chi connectivity index (χ4n) is 11.0. The average Bonchev–Trinajstić information content (AvgIpc) is 1.72. The standard InChI is InChI=1S/C27H37BF2N4O5.C9H14N2O2.2C8H13F2NO.C6H13NO.C4H7BrO.C4H7F2N.C4H8O.C3H3NO2.Br2.ClH/c1-19-6-8-20(9-7-19)13-23(28(37)38)32-25(36)39-17-21-5-4-11-33(16-21)24(35)22(15-31)14-26(2,3)34-12-10-27(29,30)18-34;10-4-3-9(13)11-5-1-2-8(6-11)7-12;2*1-7(2,6-12)11-4-3-8(9,10)5-11;8-5-6-2-1-3-7-4-6;1-4(2,5)3-6;5-4(6)1-2-7-3-4;1-4(2)3-5;1-4-2-3(5)6;1-2;/h6-9,14,21,23,37-38H,4-5,10-13,16-18H2,1-3H3,(H,32,36);8,12H,1-3,5-7H2;2*6H,3-5H2,1-2H3;6-8H,1-5H2;3H,1-2H3;7H,1-3H2;3-4H,1-2H3;2H2,(H,5,6);;1H/t21-,23-;8-;;;6-;;;;;;/m00..0....../s1. The molecular formula is C73H116BBr3ClF8N11O14. The molecular weight excluding hydrogens is 1690 g/mol. The molecule has 0 saturated carbocycles.